The second-order valence-electron chi connectivity index (χ2n) is 2.88. The zero-order valence-electron chi connectivity index (χ0n) is 7.29. The normalized spacial score (nSPS) is 24.5. The van der Waals surface area contributed by atoms with E-state index in [9.17, 15) is 4.79 Å². The lowest BCUT2D eigenvalue weighted by atomic mass is 10.3. The Morgan fingerprint density at radius 3 is 3.25 bits per heavy atom. The van der Waals surface area contributed by atoms with Crippen molar-refractivity contribution in [2.24, 2.45) is 5.10 Å². The topological polar surface area (TPSA) is 44.7 Å². The minimum absolute atomic E-state index is 0.268. The first-order valence-corrected chi connectivity index (χ1v) is 4.05. The second-order valence-corrected chi connectivity index (χ2v) is 2.88. The second kappa shape index (κ2) is 4.21. The fourth-order valence-electron chi connectivity index (χ4n) is 1.22. The van der Waals surface area contributed by atoms with E-state index in [4.69, 9.17) is 0 Å². The molecule has 1 aliphatic rings. The number of nitrogens with zero attached hydrogens (tertiary/aromatic N) is 2. The number of carbonyl (C=O) groups is 1. The summed E-state index contributed by atoms with van der Waals surface area (Å²) in [6.45, 7) is 7.26. The van der Waals surface area contributed by atoms with Gasteiger partial charge in [0.05, 0.1) is 0 Å². The molecule has 0 spiro atoms. The van der Waals surface area contributed by atoms with Crippen molar-refractivity contribution in [1.29, 1.82) is 0 Å². The summed E-state index contributed by atoms with van der Waals surface area (Å²) in [5.41, 5.74) is 3.77. The summed E-state index contributed by atoms with van der Waals surface area (Å²) in [4.78, 5) is 12.6. The highest BCUT2D eigenvalue weighted by Crippen LogP contribution is 2.01. The van der Waals surface area contributed by atoms with Gasteiger partial charge in [-0.3, -0.25) is 15.1 Å². The van der Waals surface area contributed by atoms with Crippen LogP contribution in [0.5, 0.6) is 0 Å². The summed E-state index contributed by atoms with van der Waals surface area (Å²) >= 11 is 0. The summed E-state index contributed by atoms with van der Waals surface area (Å²) < 4.78 is 0. The number of rotatable bonds is 3. The Bertz CT molecular complexity index is 191. The quantitative estimate of drug-likeness (QED) is 0.604. The fraction of sp³-hybridized carbons (Fsp3) is 0.625. The zero-order chi connectivity index (χ0) is 8.97. The molecule has 0 aromatic heterocycles. The molecule has 0 aromatic rings. The average molecular weight is 168 g/mol. The van der Waals surface area contributed by atoms with Crippen molar-refractivity contribution in [2.45, 2.75) is 19.5 Å². The third-order valence-corrected chi connectivity index (χ3v) is 1.79. The van der Waals surface area contributed by atoms with E-state index in [1.54, 1.807) is 0 Å². The molecule has 67 valence electrons. The van der Waals surface area contributed by atoms with E-state index in [2.05, 4.69) is 17.5 Å². The van der Waals surface area contributed by atoms with E-state index in [1.165, 1.54) is 0 Å². The molecule has 0 saturated heterocycles. The van der Waals surface area contributed by atoms with Gasteiger partial charge in [0.1, 0.15) is 0 Å². The molecule has 1 aliphatic heterocycles. The van der Waals surface area contributed by atoms with Gasteiger partial charge in [-0.1, -0.05) is 6.92 Å². The highest BCUT2D eigenvalue weighted by molar-refractivity contribution is 5.84. The molecule has 1 unspecified atom stereocenters. The van der Waals surface area contributed by atoms with E-state index in [0.29, 0.717) is 0 Å². The first-order chi connectivity index (χ1) is 5.77. The number of aldehydes is 1. The van der Waals surface area contributed by atoms with Gasteiger partial charge < -0.3 is 0 Å². The van der Waals surface area contributed by atoms with Crippen LogP contribution in [0.4, 0.5) is 0 Å². The lowest BCUT2D eigenvalue weighted by molar-refractivity contribution is -0.113. The van der Waals surface area contributed by atoms with Crippen LogP contribution in [0.3, 0.4) is 0 Å². The highest BCUT2D eigenvalue weighted by Gasteiger charge is 2.20. The van der Waals surface area contributed by atoms with Gasteiger partial charge >= 0.3 is 0 Å². The molecular formula is C8H14N3O. The van der Waals surface area contributed by atoms with Gasteiger partial charge in [-0.05, 0) is 13.3 Å². The summed E-state index contributed by atoms with van der Waals surface area (Å²) in [5, 5.41) is 3.99. The molecule has 1 rings (SSSR count). The molecule has 4 heteroatoms. The Morgan fingerprint density at radius 2 is 2.67 bits per heavy atom. The Hall–Kier alpha value is -0.900. The Balaban J connectivity index is 2.56. The molecule has 0 aromatic carbocycles. The molecular weight excluding hydrogens is 154 g/mol. The largest absolute Gasteiger partial charge is 0.299 e. The first kappa shape index (κ1) is 9.19. The van der Waals surface area contributed by atoms with Gasteiger partial charge in [-0.25, -0.2) is 0 Å². The van der Waals surface area contributed by atoms with Gasteiger partial charge in [-0.15, -0.1) is 0 Å². The Kier molecular flexibility index (Phi) is 3.22. The number of hydrogen-bond donors (Lipinski definition) is 1. The van der Waals surface area contributed by atoms with Crippen molar-refractivity contribution in [3.05, 3.63) is 6.92 Å². The van der Waals surface area contributed by atoms with Gasteiger partial charge in [0.2, 0.25) is 0 Å². The van der Waals surface area contributed by atoms with E-state index in [1.807, 2.05) is 11.8 Å². The van der Waals surface area contributed by atoms with Crippen LogP contribution >= 0.6 is 0 Å². The first-order valence-electron chi connectivity index (χ1n) is 4.05. The van der Waals surface area contributed by atoms with E-state index < -0.39 is 0 Å². The van der Waals surface area contributed by atoms with Gasteiger partial charge in [-0.2, -0.15) is 5.10 Å². The van der Waals surface area contributed by atoms with Crippen LogP contribution in [0.2, 0.25) is 0 Å². The molecule has 1 atom stereocenters. The van der Waals surface area contributed by atoms with Crippen LogP contribution in [0.15, 0.2) is 5.10 Å². The lowest BCUT2D eigenvalue weighted by Crippen LogP contribution is -2.51. The molecule has 1 N–H and O–H groups in total. The molecule has 0 saturated carbocycles. The molecule has 0 aliphatic carbocycles. The van der Waals surface area contributed by atoms with Gasteiger partial charge in [0.15, 0.2) is 12.5 Å². The van der Waals surface area contributed by atoms with Crippen LogP contribution < -0.4 is 5.43 Å². The van der Waals surface area contributed by atoms with Crippen molar-refractivity contribution in [1.82, 2.24) is 10.3 Å². The van der Waals surface area contributed by atoms with Crippen LogP contribution in [0, 0.1) is 6.92 Å². The van der Waals surface area contributed by atoms with Crippen LogP contribution in [-0.4, -0.2) is 36.2 Å². The smallest absolute Gasteiger partial charge is 0.158 e. The summed E-state index contributed by atoms with van der Waals surface area (Å²) in [6.07, 6.45) is 1.40. The van der Waals surface area contributed by atoms with Crippen LogP contribution in [-0.2, 0) is 4.79 Å². The number of hydrazone groups is 1. The SMILES string of the molecule is [CH2]CCN1CC(C)=NNC1C=O. The van der Waals surface area contributed by atoms with Crippen molar-refractivity contribution < 1.29 is 4.79 Å². The summed E-state index contributed by atoms with van der Waals surface area (Å²) in [6, 6.07) is 0. The minimum atomic E-state index is -0.268. The van der Waals surface area contributed by atoms with Crippen LogP contribution in [0.1, 0.15) is 13.3 Å². The lowest BCUT2D eigenvalue weighted by Gasteiger charge is -2.30. The highest BCUT2D eigenvalue weighted by atomic mass is 16.1. The number of carbonyl (C=O) groups excluding carboxylic acids is 1. The molecule has 1 heterocycles. The minimum Gasteiger partial charge on any atom is -0.299 e. The maximum Gasteiger partial charge on any atom is 0.158 e. The maximum absolute atomic E-state index is 10.6. The predicted molar refractivity (Wildman–Crippen MR) is 47.6 cm³/mol. The van der Waals surface area contributed by atoms with Crippen LogP contribution in [0.25, 0.3) is 0 Å². The van der Waals surface area contributed by atoms with Crippen molar-refractivity contribution >= 4 is 12.0 Å². The zero-order valence-corrected chi connectivity index (χ0v) is 7.29. The van der Waals surface area contributed by atoms with Crippen molar-refractivity contribution in [3.8, 4) is 0 Å². The summed E-state index contributed by atoms with van der Waals surface area (Å²) in [5.74, 6) is 0. The average Bonchev–Trinajstić information content (AvgIpc) is 2.05. The third-order valence-electron chi connectivity index (χ3n) is 1.79. The Labute approximate surface area is 72.6 Å². The fourth-order valence-corrected chi connectivity index (χ4v) is 1.22. The molecule has 4 nitrogen and oxygen atoms in total. The van der Waals surface area contributed by atoms with Gasteiger partial charge in [0.25, 0.3) is 0 Å². The van der Waals surface area contributed by atoms with Crippen molar-refractivity contribution in [2.75, 3.05) is 13.1 Å². The van der Waals surface area contributed by atoms with E-state index in [0.717, 1.165) is 31.5 Å². The monoisotopic (exact) mass is 168 g/mol. The maximum atomic E-state index is 10.6. The standard InChI is InChI=1S/C8H14N3O/c1-3-4-11-5-7(2)9-10-8(11)6-12/h6,8,10H,1,3-5H2,2H3. The summed E-state index contributed by atoms with van der Waals surface area (Å²) in [7, 11) is 0. The van der Waals surface area contributed by atoms with Crippen molar-refractivity contribution in [3.63, 3.8) is 0 Å². The molecule has 0 bridgehead atoms. The Morgan fingerprint density at radius 1 is 1.92 bits per heavy atom. The molecule has 1 radical (unpaired) electrons. The molecule has 0 amide bonds. The van der Waals surface area contributed by atoms with E-state index in [-0.39, 0.29) is 6.17 Å². The third kappa shape index (κ3) is 2.04. The van der Waals surface area contributed by atoms with Gasteiger partial charge in [0, 0.05) is 18.8 Å². The predicted octanol–water partition coefficient (Wildman–Crippen LogP) is 0.0167. The number of nitrogens with one attached hydrogen (secondary N) is 1. The molecule has 0 fully saturated rings. The number of hydrogen-bond acceptors (Lipinski definition) is 4. The molecule has 12 heavy (non-hydrogen) atoms. The van der Waals surface area contributed by atoms with E-state index >= 15 is 0 Å².